The number of amides is 1. The molecule has 11 heteroatoms. The molecule has 4 aromatic rings. The second kappa shape index (κ2) is 9.12. The van der Waals surface area contributed by atoms with E-state index in [1.165, 1.54) is 21.4 Å². The summed E-state index contributed by atoms with van der Waals surface area (Å²) in [6.07, 6.45) is 2.20. The molecule has 1 aromatic carbocycles. The number of methoxy groups -OCH3 is 1. The number of thiophene rings is 1. The Morgan fingerprint density at radius 1 is 1.24 bits per heavy atom. The van der Waals surface area contributed by atoms with Crippen LogP contribution in [0.4, 0.5) is 0 Å². The summed E-state index contributed by atoms with van der Waals surface area (Å²) in [5.41, 5.74) is 1.47. The molecule has 5 rings (SSSR count). The lowest BCUT2D eigenvalue weighted by atomic mass is 10.1. The zero-order valence-electron chi connectivity index (χ0n) is 17.6. The summed E-state index contributed by atoms with van der Waals surface area (Å²) < 4.78 is 12.3. The molecule has 4 heterocycles. The number of benzene rings is 1. The number of hydrogen-bond acceptors (Lipinski definition) is 9. The Kier molecular flexibility index (Phi) is 5.88. The first-order chi connectivity index (χ1) is 16.2. The van der Waals surface area contributed by atoms with Crippen LogP contribution in [0.2, 0.25) is 0 Å². The minimum Gasteiger partial charge on any atom is -0.496 e. The summed E-state index contributed by atoms with van der Waals surface area (Å²) in [5, 5.41) is 16.9. The van der Waals surface area contributed by atoms with E-state index in [1.54, 1.807) is 24.7 Å². The average molecular weight is 481 g/mol. The predicted molar refractivity (Wildman–Crippen MR) is 127 cm³/mol. The van der Waals surface area contributed by atoms with Crippen LogP contribution in [0, 0.1) is 0 Å². The number of para-hydroxylation sites is 1. The molecule has 0 saturated carbocycles. The molecule has 3 aromatic heterocycles. The van der Waals surface area contributed by atoms with E-state index in [9.17, 15) is 4.79 Å². The van der Waals surface area contributed by atoms with Crippen LogP contribution in [-0.4, -0.2) is 44.4 Å². The van der Waals surface area contributed by atoms with E-state index in [2.05, 4.69) is 15.3 Å². The van der Waals surface area contributed by atoms with Crippen molar-refractivity contribution in [2.45, 2.75) is 17.6 Å². The van der Waals surface area contributed by atoms with Crippen LogP contribution in [0.3, 0.4) is 0 Å². The van der Waals surface area contributed by atoms with Gasteiger partial charge in [-0.3, -0.25) is 4.79 Å². The molecule has 1 unspecified atom stereocenters. The SMILES string of the molecule is COc1ccccc1-c1nnc(SCC(=O)N2N=C(c3ccco3)CC2c2cccs2)n1N. The van der Waals surface area contributed by atoms with Crippen molar-refractivity contribution in [2.75, 3.05) is 18.7 Å². The zero-order valence-corrected chi connectivity index (χ0v) is 19.3. The first-order valence-corrected chi connectivity index (χ1v) is 12.0. The number of hydrogen-bond donors (Lipinski definition) is 1. The van der Waals surface area contributed by atoms with Crippen molar-refractivity contribution in [3.8, 4) is 17.1 Å². The minimum absolute atomic E-state index is 0.109. The predicted octanol–water partition coefficient (Wildman–Crippen LogP) is 3.79. The zero-order chi connectivity index (χ0) is 22.8. The van der Waals surface area contributed by atoms with Crippen LogP contribution in [0.25, 0.3) is 11.4 Å². The molecule has 0 bridgehead atoms. The van der Waals surface area contributed by atoms with E-state index in [4.69, 9.17) is 15.0 Å². The topological polar surface area (TPSA) is 112 Å². The van der Waals surface area contributed by atoms with Gasteiger partial charge in [0.25, 0.3) is 5.91 Å². The van der Waals surface area contributed by atoms with Gasteiger partial charge in [-0.2, -0.15) is 5.10 Å². The van der Waals surface area contributed by atoms with Crippen molar-refractivity contribution in [1.82, 2.24) is 19.9 Å². The van der Waals surface area contributed by atoms with Gasteiger partial charge in [-0.15, -0.1) is 21.5 Å². The Morgan fingerprint density at radius 3 is 2.88 bits per heavy atom. The summed E-state index contributed by atoms with van der Waals surface area (Å²) in [6.45, 7) is 0. The molecule has 1 amide bonds. The molecule has 33 heavy (non-hydrogen) atoms. The number of nitrogens with two attached hydrogens (primary N) is 1. The molecule has 2 N–H and O–H groups in total. The van der Waals surface area contributed by atoms with Crippen molar-refractivity contribution in [3.63, 3.8) is 0 Å². The number of carbonyl (C=O) groups excluding carboxylic acids is 1. The van der Waals surface area contributed by atoms with E-state index >= 15 is 0 Å². The molecule has 0 saturated heterocycles. The third kappa shape index (κ3) is 4.12. The normalized spacial score (nSPS) is 15.6. The lowest BCUT2D eigenvalue weighted by molar-refractivity contribution is -0.130. The Hall–Kier alpha value is -3.57. The standard InChI is InChI=1S/C22H20N6O3S2/c1-30-17-7-3-2-6-14(17)21-24-25-22(27(21)23)33-13-20(29)28-16(19-9-5-11-32-19)12-15(26-28)18-8-4-10-31-18/h2-11,16H,12-13,23H2,1H3. The maximum absolute atomic E-state index is 13.2. The van der Waals surface area contributed by atoms with Gasteiger partial charge < -0.3 is 15.0 Å². The quantitative estimate of drug-likeness (QED) is 0.316. The van der Waals surface area contributed by atoms with E-state index < -0.39 is 0 Å². The average Bonchev–Trinajstić information content (AvgIpc) is 3.64. The van der Waals surface area contributed by atoms with Crippen LogP contribution in [0.5, 0.6) is 5.75 Å². The molecule has 9 nitrogen and oxygen atoms in total. The maximum atomic E-state index is 13.2. The fraction of sp³-hybridized carbons (Fsp3) is 0.182. The van der Waals surface area contributed by atoms with Crippen LogP contribution >= 0.6 is 23.1 Å². The highest BCUT2D eigenvalue weighted by atomic mass is 32.2. The lowest BCUT2D eigenvalue weighted by Crippen LogP contribution is -2.28. The molecule has 1 atom stereocenters. The molecule has 0 fully saturated rings. The number of rotatable bonds is 7. The number of thioether (sulfide) groups is 1. The highest BCUT2D eigenvalue weighted by Crippen LogP contribution is 2.36. The second-order valence-corrected chi connectivity index (χ2v) is 9.08. The van der Waals surface area contributed by atoms with Gasteiger partial charge >= 0.3 is 0 Å². The van der Waals surface area contributed by atoms with Gasteiger partial charge in [0.15, 0.2) is 5.82 Å². The molecule has 0 spiro atoms. The minimum atomic E-state index is -0.168. The highest BCUT2D eigenvalue weighted by molar-refractivity contribution is 7.99. The number of aromatic nitrogens is 3. The number of carbonyl (C=O) groups is 1. The molecule has 1 aliphatic rings. The van der Waals surface area contributed by atoms with Crippen LogP contribution < -0.4 is 10.6 Å². The number of furan rings is 1. The molecule has 1 aliphatic heterocycles. The molecule has 168 valence electrons. The molecular weight excluding hydrogens is 460 g/mol. The monoisotopic (exact) mass is 480 g/mol. The van der Waals surface area contributed by atoms with Crippen molar-refractivity contribution < 1.29 is 13.9 Å². The summed E-state index contributed by atoms with van der Waals surface area (Å²) in [6, 6.07) is 14.9. The van der Waals surface area contributed by atoms with Gasteiger partial charge in [-0.1, -0.05) is 30.0 Å². The van der Waals surface area contributed by atoms with Gasteiger partial charge in [0, 0.05) is 11.3 Å². The van der Waals surface area contributed by atoms with Gasteiger partial charge in [0.2, 0.25) is 5.16 Å². The van der Waals surface area contributed by atoms with Crippen molar-refractivity contribution >= 4 is 34.7 Å². The largest absolute Gasteiger partial charge is 0.496 e. The summed E-state index contributed by atoms with van der Waals surface area (Å²) in [4.78, 5) is 14.3. The van der Waals surface area contributed by atoms with E-state index in [1.807, 2.05) is 53.9 Å². The second-order valence-electron chi connectivity index (χ2n) is 7.16. The van der Waals surface area contributed by atoms with E-state index in [0.717, 1.165) is 16.2 Å². The lowest BCUT2D eigenvalue weighted by Gasteiger charge is -2.20. The van der Waals surface area contributed by atoms with Crippen LogP contribution in [0.1, 0.15) is 23.1 Å². The maximum Gasteiger partial charge on any atom is 0.253 e. The first kappa shape index (κ1) is 21.3. The van der Waals surface area contributed by atoms with Gasteiger partial charge in [-0.05, 0) is 35.7 Å². The van der Waals surface area contributed by atoms with Gasteiger partial charge in [0.1, 0.15) is 17.2 Å². The Bertz CT molecular complexity index is 1280. The van der Waals surface area contributed by atoms with Crippen LogP contribution in [-0.2, 0) is 4.79 Å². The van der Waals surface area contributed by atoms with E-state index in [0.29, 0.717) is 28.9 Å². The summed E-state index contributed by atoms with van der Waals surface area (Å²) in [5.74, 6) is 7.96. The first-order valence-electron chi connectivity index (χ1n) is 10.1. The molecule has 0 aliphatic carbocycles. The fourth-order valence-electron chi connectivity index (χ4n) is 3.62. The Morgan fingerprint density at radius 2 is 2.12 bits per heavy atom. The van der Waals surface area contributed by atoms with Crippen LogP contribution in [0.15, 0.2) is 74.8 Å². The third-order valence-electron chi connectivity index (χ3n) is 5.18. The number of nitrogen functional groups attached to an aromatic ring is 1. The Labute approximate surface area is 197 Å². The van der Waals surface area contributed by atoms with Gasteiger partial charge in [0.05, 0.1) is 30.7 Å². The van der Waals surface area contributed by atoms with Gasteiger partial charge in [-0.25, -0.2) is 9.69 Å². The molecule has 0 radical (unpaired) electrons. The van der Waals surface area contributed by atoms with E-state index in [-0.39, 0.29) is 17.7 Å². The highest BCUT2D eigenvalue weighted by Gasteiger charge is 2.34. The smallest absolute Gasteiger partial charge is 0.253 e. The Balaban J connectivity index is 1.34. The fourth-order valence-corrected chi connectivity index (χ4v) is 5.14. The van der Waals surface area contributed by atoms with Crippen molar-refractivity contribution in [2.24, 2.45) is 5.10 Å². The number of hydrazone groups is 1. The number of ether oxygens (including phenoxy) is 1. The van der Waals surface area contributed by atoms with Crippen molar-refractivity contribution in [3.05, 3.63) is 70.8 Å². The number of nitrogens with zero attached hydrogens (tertiary/aromatic N) is 5. The van der Waals surface area contributed by atoms with Crippen molar-refractivity contribution in [1.29, 1.82) is 0 Å². The summed E-state index contributed by atoms with van der Waals surface area (Å²) in [7, 11) is 1.59. The third-order valence-corrected chi connectivity index (χ3v) is 7.08. The molecular formula is C22H20N6O3S2. The summed E-state index contributed by atoms with van der Waals surface area (Å²) >= 11 is 2.81.